The van der Waals surface area contributed by atoms with E-state index in [9.17, 15) is 9.59 Å². The highest BCUT2D eigenvalue weighted by Gasteiger charge is 2.18. The number of amides is 1. The fourth-order valence-corrected chi connectivity index (χ4v) is 4.65. The number of rotatable bonds is 8. The minimum atomic E-state index is -0.0431. The second-order valence-corrected chi connectivity index (χ2v) is 9.28. The SMILES string of the molecule is CC[C@@H](C)NC(=O)CSc1nc2c(sc3ncccc32)c(=O)n1CCC(C)C. The predicted octanol–water partition coefficient (Wildman–Crippen LogP) is 4.06. The fraction of sp³-hybridized carbons (Fsp3) is 0.500. The standard InChI is InChI=1S/C20H26N4O2S2/c1-5-13(4)22-15(25)11-27-20-23-16-14-7-6-9-21-18(14)28-17(16)19(26)24(20)10-8-12(2)3/h6-7,9,12-13H,5,8,10-11H2,1-4H3,(H,22,25)/t13-/m1/s1. The van der Waals surface area contributed by atoms with Gasteiger partial charge in [-0.15, -0.1) is 11.3 Å². The quantitative estimate of drug-likeness (QED) is 0.441. The zero-order valence-corrected chi connectivity index (χ0v) is 18.3. The number of carbonyl (C=O) groups is 1. The fourth-order valence-electron chi connectivity index (χ4n) is 2.78. The van der Waals surface area contributed by atoms with Gasteiger partial charge in [0.05, 0.1) is 11.3 Å². The molecule has 0 unspecified atom stereocenters. The molecule has 0 aliphatic heterocycles. The molecule has 0 aliphatic rings. The summed E-state index contributed by atoms with van der Waals surface area (Å²) < 4.78 is 2.35. The Bertz CT molecular complexity index is 1040. The van der Waals surface area contributed by atoms with Crippen LogP contribution in [0.5, 0.6) is 0 Å². The number of thiophene rings is 1. The number of hydrogen-bond donors (Lipinski definition) is 1. The normalized spacial score (nSPS) is 12.8. The first-order valence-electron chi connectivity index (χ1n) is 9.60. The van der Waals surface area contributed by atoms with Crippen LogP contribution in [0.3, 0.4) is 0 Å². The van der Waals surface area contributed by atoms with E-state index in [0.29, 0.717) is 27.8 Å². The predicted molar refractivity (Wildman–Crippen MR) is 117 cm³/mol. The average Bonchev–Trinajstić information content (AvgIpc) is 3.04. The number of thioether (sulfide) groups is 1. The molecule has 28 heavy (non-hydrogen) atoms. The van der Waals surface area contributed by atoms with E-state index in [2.05, 4.69) is 24.1 Å². The van der Waals surface area contributed by atoms with Crippen LogP contribution < -0.4 is 10.9 Å². The summed E-state index contributed by atoms with van der Waals surface area (Å²) in [6, 6.07) is 3.93. The van der Waals surface area contributed by atoms with Gasteiger partial charge in [-0.3, -0.25) is 14.2 Å². The Labute approximate surface area is 172 Å². The number of carbonyl (C=O) groups excluding carboxylic acids is 1. The topological polar surface area (TPSA) is 76.9 Å². The van der Waals surface area contributed by atoms with Crippen LogP contribution in [0.15, 0.2) is 28.3 Å². The second-order valence-electron chi connectivity index (χ2n) is 7.34. The molecule has 3 aromatic heterocycles. The van der Waals surface area contributed by atoms with Crippen molar-refractivity contribution in [2.75, 3.05) is 5.75 Å². The lowest BCUT2D eigenvalue weighted by Gasteiger charge is -2.14. The van der Waals surface area contributed by atoms with Crippen LogP contribution in [0.1, 0.15) is 40.5 Å². The molecule has 3 aromatic rings. The lowest BCUT2D eigenvalue weighted by atomic mass is 10.1. The van der Waals surface area contributed by atoms with Gasteiger partial charge in [0.1, 0.15) is 9.53 Å². The van der Waals surface area contributed by atoms with Crippen molar-refractivity contribution in [2.45, 2.75) is 58.3 Å². The van der Waals surface area contributed by atoms with Crippen molar-refractivity contribution < 1.29 is 4.79 Å². The van der Waals surface area contributed by atoms with Crippen molar-refractivity contribution in [1.29, 1.82) is 0 Å². The summed E-state index contributed by atoms with van der Waals surface area (Å²) in [7, 11) is 0. The van der Waals surface area contributed by atoms with E-state index in [1.165, 1.54) is 23.1 Å². The third-order valence-electron chi connectivity index (χ3n) is 4.60. The van der Waals surface area contributed by atoms with Crippen LogP contribution in [0.4, 0.5) is 0 Å². The van der Waals surface area contributed by atoms with E-state index in [1.54, 1.807) is 10.8 Å². The molecule has 8 heteroatoms. The number of nitrogens with zero attached hydrogens (tertiary/aromatic N) is 3. The van der Waals surface area contributed by atoms with Crippen molar-refractivity contribution in [3.8, 4) is 0 Å². The molecule has 0 aliphatic carbocycles. The minimum absolute atomic E-state index is 0.0408. The molecule has 0 fully saturated rings. The van der Waals surface area contributed by atoms with E-state index < -0.39 is 0 Å². The molecular formula is C20H26N4O2S2. The molecule has 1 atom stereocenters. The van der Waals surface area contributed by atoms with E-state index >= 15 is 0 Å². The Balaban J connectivity index is 1.99. The number of aromatic nitrogens is 3. The Morgan fingerprint density at radius 1 is 1.36 bits per heavy atom. The van der Waals surface area contributed by atoms with E-state index in [0.717, 1.165) is 23.1 Å². The van der Waals surface area contributed by atoms with Crippen molar-refractivity contribution in [3.05, 3.63) is 28.7 Å². The molecule has 150 valence electrons. The lowest BCUT2D eigenvalue weighted by molar-refractivity contribution is -0.119. The third-order valence-corrected chi connectivity index (χ3v) is 6.67. The van der Waals surface area contributed by atoms with Crippen LogP contribution in [0.2, 0.25) is 0 Å². The highest BCUT2D eigenvalue weighted by atomic mass is 32.2. The molecule has 0 spiro atoms. The first kappa shape index (κ1) is 20.8. The highest BCUT2D eigenvalue weighted by molar-refractivity contribution is 7.99. The molecular weight excluding hydrogens is 392 g/mol. The summed E-state index contributed by atoms with van der Waals surface area (Å²) in [4.78, 5) is 35.4. The molecule has 0 saturated heterocycles. The maximum absolute atomic E-state index is 13.2. The van der Waals surface area contributed by atoms with Crippen molar-refractivity contribution in [2.24, 2.45) is 5.92 Å². The summed E-state index contributed by atoms with van der Waals surface area (Å²) in [6.07, 6.45) is 3.49. The van der Waals surface area contributed by atoms with Crippen LogP contribution in [0.25, 0.3) is 20.4 Å². The van der Waals surface area contributed by atoms with Gasteiger partial charge in [0.25, 0.3) is 5.56 Å². The summed E-state index contributed by atoms with van der Waals surface area (Å²) in [5.74, 6) is 0.670. The van der Waals surface area contributed by atoms with Crippen LogP contribution >= 0.6 is 23.1 Å². The van der Waals surface area contributed by atoms with E-state index in [-0.39, 0.29) is 23.3 Å². The monoisotopic (exact) mass is 418 g/mol. The summed E-state index contributed by atoms with van der Waals surface area (Å²) >= 11 is 2.71. The van der Waals surface area contributed by atoms with Gasteiger partial charge in [0.2, 0.25) is 5.91 Å². The molecule has 3 heterocycles. The Kier molecular flexibility index (Phi) is 6.72. The average molecular weight is 419 g/mol. The van der Waals surface area contributed by atoms with Gasteiger partial charge in [-0.05, 0) is 37.8 Å². The summed E-state index contributed by atoms with van der Waals surface area (Å²) in [6.45, 7) is 8.87. The number of fused-ring (bicyclic) bond motifs is 3. The van der Waals surface area contributed by atoms with Gasteiger partial charge >= 0.3 is 0 Å². The zero-order valence-electron chi connectivity index (χ0n) is 16.7. The Morgan fingerprint density at radius 3 is 2.86 bits per heavy atom. The van der Waals surface area contributed by atoms with Crippen molar-refractivity contribution >= 4 is 49.4 Å². The van der Waals surface area contributed by atoms with Gasteiger partial charge < -0.3 is 5.32 Å². The molecule has 1 N–H and O–H groups in total. The first-order valence-corrected chi connectivity index (χ1v) is 11.4. The zero-order chi connectivity index (χ0) is 20.3. The summed E-state index contributed by atoms with van der Waals surface area (Å²) in [5.41, 5.74) is 0.641. The van der Waals surface area contributed by atoms with Gasteiger partial charge in [0.15, 0.2) is 5.16 Å². The third kappa shape index (κ3) is 4.55. The molecule has 0 saturated carbocycles. The van der Waals surface area contributed by atoms with Crippen LogP contribution in [0, 0.1) is 5.92 Å². The van der Waals surface area contributed by atoms with Crippen LogP contribution in [-0.2, 0) is 11.3 Å². The number of hydrogen-bond acceptors (Lipinski definition) is 6. The van der Waals surface area contributed by atoms with Gasteiger partial charge in [-0.25, -0.2) is 9.97 Å². The second kappa shape index (κ2) is 9.05. The molecule has 1 amide bonds. The Morgan fingerprint density at radius 2 is 2.14 bits per heavy atom. The van der Waals surface area contributed by atoms with Crippen molar-refractivity contribution in [1.82, 2.24) is 19.9 Å². The van der Waals surface area contributed by atoms with Crippen molar-refractivity contribution in [3.63, 3.8) is 0 Å². The highest BCUT2D eigenvalue weighted by Crippen LogP contribution is 2.30. The van der Waals surface area contributed by atoms with Gasteiger partial charge in [0, 0.05) is 24.2 Å². The maximum Gasteiger partial charge on any atom is 0.272 e. The van der Waals surface area contributed by atoms with E-state index in [4.69, 9.17) is 4.98 Å². The van der Waals surface area contributed by atoms with Gasteiger partial charge in [-0.1, -0.05) is 32.5 Å². The molecule has 3 rings (SSSR count). The molecule has 0 bridgehead atoms. The lowest BCUT2D eigenvalue weighted by Crippen LogP contribution is -2.33. The Hall–Kier alpha value is -1.93. The number of nitrogens with one attached hydrogen (secondary N) is 1. The molecule has 0 aromatic carbocycles. The smallest absolute Gasteiger partial charge is 0.272 e. The van der Waals surface area contributed by atoms with Crippen LogP contribution in [-0.4, -0.2) is 32.2 Å². The number of pyridine rings is 1. The van der Waals surface area contributed by atoms with E-state index in [1.807, 2.05) is 26.0 Å². The largest absolute Gasteiger partial charge is 0.353 e. The maximum atomic E-state index is 13.2. The molecule has 6 nitrogen and oxygen atoms in total. The first-order chi connectivity index (χ1) is 13.4. The summed E-state index contributed by atoms with van der Waals surface area (Å²) in [5, 5.41) is 4.45. The molecule has 0 radical (unpaired) electrons. The minimum Gasteiger partial charge on any atom is -0.353 e. The van der Waals surface area contributed by atoms with Gasteiger partial charge in [-0.2, -0.15) is 0 Å².